The van der Waals surface area contributed by atoms with Crippen LogP contribution in [0.1, 0.15) is 36.5 Å². The van der Waals surface area contributed by atoms with E-state index in [0.29, 0.717) is 41.8 Å². The second-order valence-electron chi connectivity index (χ2n) is 7.99. The SMILES string of the molecule is COc1c(OC(C)=O)c(C)c2c(c1OC)OC(CCOc1ccc(CC(Cl)C(=O)O)cc1)CC2. The van der Waals surface area contributed by atoms with Gasteiger partial charge in [0.25, 0.3) is 0 Å². The smallest absolute Gasteiger partial charge is 0.321 e. The van der Waals surface area contributed by atoms with E-state index in [1.807, 2.05) is 19.1 Å². The molecule has 1 heterocycles. The predicted molar refractivity (Wildman–Crippen MR) is 126 cm³/mol. The monoisotopic (exact) mass is 492 g/mol. The number of carbonyl (C=O) groups is 2. The van der Waals surface area contributed by atoms with Crippen LogP contribution in [0.15, 0.2) is 24.3 Å². The highest BCUT2D eigenvalue weighted by atomic mass is 35.5. The molecular formula is C25H29ClO8. The van der Waals surface area contributed by atoms with E-state index in [4.69, 9.17) is 40.4 Å². The lowest BCUT2D eigenvalue weighted by Crippen LogP contribution is -2.26. The first-order valence-electron chi connectivity index (χ1n) is 11.0. The van der Waals surface area contributed by atoms with Gasteiger partial charge in [-0.25, -0.2) is 0 Å². The number of hydrogen-bond donors (Lipinski definition) is 1. The summed E-state index contributed by atoms with van der Waals surface area (Å²) in [5.41, 5.74) is 2.55. The van der Waals surface area contributed by atoms with Crippen molar-refractivity contribution >= 4 is 23.5 Å². The Bertz CT molecular complexity index is 1030. The molecule has 0 amide bonds. The maximum absolute atomic E-state index is 11.6. The standard InChI is InChI=1S/C25H29ClO8/c1-14-19-10-9-18(34-22(19)24(31-4)23(30-3)21(14)33-15(2)27)11-12-32-17-7-5-16(6-8-17)13-20(26)25(28)29/h5-8,18,20H,9-13H2,1-4H3,(H,28,29). The average Bonchev–Trinajstić information content (AvgIpc) is 2.81. The molecule has 1 aliphatic rings. The number of ether oxygens (including phenoxy) is 5. The van der Waals surface area contributed by atoms with Gasteiger partial charge in [0, 0.05) is 24.5 Å². The summed E-state index contributed by atoms with van der Waals surface area (Å²) in [6, 6.07) is 7.21. The van der Waals surface area contributed by atoms with Gasteiger partial charge in [-0.2, -0.15) is 0 Å². The summed E-state index contributed by atoms with van der Waals surface area (Å²) in [5, 5.41) is 7.97. The van der Waals surface area contributed by atoms with Gasteiger partial charge >= 0.3 is 11.9 Å². The lowest BCUT2D eigenvalue weighted by Gasteiger charge is -2.30. The van der Waals surface area contributed by atoms with Gasteiger partial charge < -0.3 is 28.8 Å². The van der Waals surface area contributed by atoms with Crippen LogP contribution in [0.25, 0.3) is 0 Å². The van der Waals surface area contributed by atoms with Crippen LogP contribution in [0.5, 0.6) is 28.7 Å². The van der Waals surface area contributed by atoms with Crippen molar-refractivity contribution in [1.29, 1.82) is 0 Å². The van der Waals surface area contributed by atoms with E-state index in [1.165, 1.54) is 21.1 Å². The van der Waals surface area contributed by atoms with Crippen LogP contribution < -0.4 is 23.7 Å². The fraction of sp³-hybridized carbons (Fsp3) is 0.440. The fourth-order valence-corrected chi connectivity index (χ4v) is 4.12. The zero-order chi connectivity index (χ0) is 24.8. The zero-order valence-electron chi connectivity index (χ0n) is 19.7. The molecule has 0 saturated heterocycles. The number of carbonyl (C=O) groups excluding carboxylic acids is 1. The lowest BCUT2D eigenvalue weighted by atomic mass is 9.95. The van der Waals surface area contributed by atoms with Crippen molar-refractivity contribution in [3.05, 3.63) is 41.0 Å². The third-order valence-electron chi connectivity index (χ3n) is 5.66. The number of halogens is 1. The van der Waals surface area contributed by atoms with Gasteiger partial charge in [0.05, 0.1) is 20.8 Å². The molecule has 2 atom stereocenters. The number of rotatable bonds is 10. The number of aliphatic carboxylic acids is 1. The van der Waals surface area contributed by atoms with Crippen molar-refractivity contribution in [2.45, 2.75) is 51.0 Å². The number of fused-ring (bicyclic) bond motifs is 1. The maximum Gasteiger partial charge on any atom is 0.321 e. The first-order valence-corrected chi connectivity index (χ1v) is 11.4. The quantitative estimate of drug-likeness (QED) is 0.297. The molecule has 1 aliphatic heterocycles. The maximum atomic E-state index is 11.6. The molecule has 184 valence electrons. The van der Waals surface area contributed by atoms with Crippen LogP contribution in [0.3, 0.4) is 0 Å². The molecule has 3 rings (SSSR count). The second-order valence-corrected chi connectivity index (χ2v) is 8.52. The largest absolute Gasteiger partial charge is 0.493 e. The molecule has 0 bridgehead atoms. The van der Waals surface area contributed by atoms with Crippen molar-refractivity contribution in [3.8, 4) is 28.7 Å². The normalized spacial score (nSPS) is 15.5. The number of hydrogen-bond acceptors (Lipinski definition) is 7. The van der Waals surface area contributed by atoms with Gasteiger partial charge in [0.15, 0.2) is 11.5 Å². The summed E-state index contributed by atoms with van der Waals surface area (Å²) in [7, 11) is 3.01. The van der Waals surface area contributed by atoms with Crippen molar-refractivity contribution in [2.75, 3.05) is 20.8 Å². The molecule has 8 nitrogen and oxygen atoms in total. The van der Waals surface area contributed by atoms with Gasteiger partial charge in [-0.05, 0) is 43.9 Å². The highest BCUT2D eigenvalue weighted by molar-refractivity contribution is 6.29. The van der Waals surface area contributed by atoms with Crippen LogP contribution in [0, 0.1) is 6.92 Å². The van der Waals surface area contributed by atoms with Crippen molar-refractivity contribution in [1.82, 2.24) is 0 Å². The first-order chi connectivity index (χ1) is 16.2. The highest BCUT2D eigenvalue weighted by Crippen LogP contribution is 2.51. The Hall–Kier alpha value is -3.13. The summed E-state index contributed by atoms with van der Waals surface area (Å²) in [5.74, 6) is 0.886. The van der Waals surface area contributed by atoms with E-state index in [2.05, 4.69) is 0 Å². The summed E-state index contributed by atoms with van der Waals surface area (Å²) in [6.45, 7) is 3.66. The van der Waals surface area contributed by atoms with Gasteiger partial charge in [-0.15, -0.1) is 11.6 Å². The van der Waals surface area contributed by atoms with Crippen molar-refractivity contribution in [3.63, 3.8) is 0 Å². The third-order valence-corrected chi connectivity index (χ3v) is 6.00. The molecular weight excluding hydrogens is 464 g/mol. The number of carboxylic acid groups (broad SMARTS) is 1. The fourth-order valence-electron chi connectivity index (χ4n) is 3.94. The molecule has 0 spiro atoms. The topological polar surface area (TPSA) is 101 Å². The summed E-state index contributed by atoms with van der Waals surface area (Å²) >= 11 is 5.79. The van der Waals surface area contributed by atoms with Crippen LogP contribution in [0.2, 0.25) is 0 Å². The van der Waals surface area contributed by atoms with Crippen LogP contribution in [-0.4, -0.2) is 49.4 Å². The van der Waals surface area contributed by atoms with Gasteiger partial charge in [-0.1, -0.05) is 12.1 Å². The number of carboxylic acids is 1. The molecule has 0 radical (unpaired) electrons. The van der Waals surface area contributed by atoms with E-state index in [9.17, 15) is 9.59 Å². The van der Waals surface area contributed by atoms with Gasteiger partial charge in [0.1, 0.15) is 17.2 Å². The third kappa shape index (κ3) is 5.86. The molecule has 2 aromatic rings. The van der Waals surface area contributed by atoms with E-state index < -0.39 is 17.3 Å². The summed E-state index contributed by atoms with van der Waals surface area (Å²) in [6.07, 6.45) is 2.32. The Kier molecular flexibility index (Phi) is 8.50. The molecule has 0 saturated carbocycles. The van der Waals surface area contributed by atoms with Gasteiger partial charge in [-0.3, -0.25) is 9.59 Å². The number of alkyl halides is 1. The Morgan fingerprint density at radius 2 is 1.82 bits per heavy atom. The Labute approximate surface area is 203 Å². The summed E-state index contributed by atoms with van der Waals surface area (Å²) < 4.78 is 28.6. The van der Waals surface area contributed by atoms with Crippen LogP contribution >= 0.6 is 11.6 Å². The molecule has 1 N–H and O–H groups in total. The first kappa shape index (κ1) is 25.5. The number of esters is 1. The number of benzene rings is 2. The predicted octanol–water partition coefficient (Wildman–Crippen LogP) is 4.33. The zero-order valence-corrected chi connectivity index (χ0v) is 20.4. The molecule has 0 fully saturated rings. The molecule has 2 aromatic carbocycles. The highest BCUT2D eigenvalue weighted by Gasteiger charge is 2.31. The lowest BCUT2D eigenvalue weighted by molar-refractivity contribution is -0.136. The average molecular weight is 493 g/mol. The summed E-state index contributed by atoms with van der Waals surface area (Å²) in [4.78, 5) is 22.5. The minimum Gasteiger partial charge on any atom is -0.493 e. The van der Waals surface area contributed by atoms with Gasteiger partial charge in [0.2, 0.25) is 11.5 Å². The van der Waals surface area contributed by atoms with Crippen LogP contribution in [-0.2, 0) is 22.4 Å². The Morgan fingerprint density at radius 1 is 1.15 bits per heavy atom. The molecule has 0 aromatic heterocycles. The molecule has 9 heteroatoms. The minimum absolute atomic E-state index is 0.0862. The van der Waals surface area contributed by atoms with E-state index >= 15 is 0 Å². The van der Waals surface area contributed by atoms with Crippen LogP contribution in [0.4, 0.5) is 0 Å². The van der Waals surface area contributed by atoms with E-state index in [-0.39, 0.29) is 12.5 Å². The number of methoxy groups -OCH3 is 2. The van der Waals surface area contributed by atoms with E-state index in [1.54, 1.807) is 12.1 Å². The second kappa shape index (κ2) is 11.3. The molecule has 2 unspecified atom stereocenters. The molecule has 0 aliphatic carbocycles. The van der Waals surface area contributed by atoms with E-state index in [0.717, 1.165) is 29.5 Å². The Balaban J connectivity index is 1.65. The molecule has 34 heavy (non-hydrogen) atoms. The van der Waals surface area contributed by atoms with Crippen molar-refractivity contribution in [2.24, 2.45) is 0 Å². The van der Waals surface area contributed by atoms with Crippen molar-refractivity contribution < 1.29 is 38.4 Å². The minimum atomic E-state index is -1.04. The Morgan fingerprint density at radius 3 is 2.41 bits per heavy atom.